The van der Waals surface area contributed by atoms with Gasteiger partial charge in [-0.25, -0.2) is 4.79 Å². The van der Waals surface area contributed by atoms with Crippen molar-refractivity contribution in [2.24, 2.45) is 0 Å². The van der Waals surface area contributed by atoms with Gasteiger partial charge >= 0.3 is 11.9 Å². The van der Waals surface area contributed by atoms with Crippen molar-refractivity contribution in [3.05, 3.63) is 83.0 Å². The molecule has 6 nitrogen and oxygen atoms in total. The Bertz CT molecular complexity index is 1020. The van der Waals surface area contributed by atoms with E-state index < -0.39 is 23.8 Å². The van der Waals surface area contributed by atoms with E-state index in [0.717, 1.165) is 17.6 Å². The summed E-state index contributed by atoms with van der Waals surface area (Å²) >= 11 is 0. The van der Waals surface area contributed by atoms with E-state index in [0.29, 0.717) is 44.1 Å². The lowest BCUT2D eigenvalue weighted by Crippen LogP contribution is -2.47. The number of aliphatic hydroxyl groups is 1. The van der Waals surface area contributed by atoms with E-state index in [1.54, 1.807) is 0 Å². The van der Waals surface area contributed by atoms with Gasteiger partial charge in [-0.05, 0) is 57.1 Å². The Balaban J connectivity index is 1.72. The summed E-state index contributed by atoms with van der Waals surface area (Å²) in [6.45, 7) is 4.09. The molecule has 36 heavy (non-hydrogen) atoms. The zero-order valence-corrected chi connectivity index (χ0v) is 21.3. The smallest absolute Gasteiger partial charge is 0.331 e. The van der Waals surface area contributed by atoms with Gasteiger partial charge in [0.1, 0.15) is 6.10 Å². The monoisotopic (exact) mass is 494 g/mol. The van der Waals surface area contributed by atoms with Crippen LogP contribution in [0.3, 0.4) is 0 Å². The summed E-state index contributed by atoms with van der Waals surface area (Å²) in [6, 6.07) is 10.2. The first-order valence-electron chi connectivity index (χ1n) is 12.7. The summed E-state index contributed by atoms with van der Waals surface area (Å²) in [7, 11) is 0. The highest BCUT2D eigenvalue weighted by molar-refractivity contribution is 5.84. The second kappa shape index (κ2) is 13.4. The zero-order chi connectivity index (χ0) is 26.0. The summed E-state index contributed by atoms with van der Waals surface area (Å²) in [5.74, 6) is -2.97. The number of carboxylic acid groups (broad SMARTS) is 1. The van der Waals surface area contributed by atoms with Crippen LogP contribution in [0.25, 0.3) is 0 Å². The van der Waals surface area contributed by atoms with E-state index in [1.807, 2.05) is 37.3 Å². The van der Waals surface area contributed by atoms with Crippen molar-refractivity contribution in [2.75, 3.05) is 0 Å². The number of esters is 1. The summed E-state index contributed by atoms with van der Waals surface area (Å²) in [4.78, 5) is 23.9. The molecule has 194 valence electrons. The maximum absolute atomic E-state index is 12.6. The Kier molecular flexibility index (Phi) is 10.3. The van der Waals surface area contributed by atoms with Gasteiger partial charge < -0.3 is 19.7 Å². The maximum Gasteiger partial charge on any atom is 0.331 e. The first-order chi connectivity index (χ1) is 17.2. The van der Waals surface area contributed by atoms with Gasteiger partial charge in [-0.2, -0.15) is 0 Å². The number of aliphatic carboxylic acids is 1. The third kappa shape index (κ3) is 9.59. The predicted octanol–water partition coefficient (Wildman–Crippen LogP) is 5.82. The van der Waals surface area contributed by atoms with Crippen LogP contribution in [0.15, 0.2) is 77.4 Å². The highest BCUT2D eigenvalue weighted by Gasteiger charge is 2.41. The van der Waals surface area contributed by atoms with E-state index in [2.05, 4.69) is 31.2 Å². The van der Waals surface area contributed by atoms with Crippen LogP contribution in [0.2, 0.25) is 0 Å². The van der Waals surface area contributed by atoms with Gasteiger partial charge in [0.15, 0.2) is 5.79 Å². The molecule has 2 heterocycles. The average molecular weight is 495 g/mol. The van der Waals surface area contributed by atoms with Crippen molar-refractivity contribution in [1.82, 2.24) is 0 Å². The number of rotatable bonds is 7. The Morgan fingerprint density at radius 3 is 2.72 bits per heavy atom. The predicted molar refractivity (Wildman–Crippen MR) is 139 cm³/mol. The molecule has 2 N–H and O–H groups in total. The quantitative estimate of drug-likeness (QED) is 0.366. The highest BCUT2D eigenvalue weighted by atomic mass is 16.6. The first kappa shape index (κ1) is 27.6. The molecular formula is C30H38O6. The van der Waals surface area contributed by atoms with Crippen LogP contribution >= 0.6 is 0 Å². The van der Waals surface area contributed by atoms with Crippen molar-refractivity contribution < 1.29 is 29.3 Å². The minimum atomic E-state index is -1.40. The summed E-state index contributed by atoms with van der Waals surface area (Å²) in [5.41, 5.74) is 4.02. The molecule has 1 fully saturated rings. The number of carboxylic acids is 1. The fourth-order valence-electron chi connectivity index (χ4n) is 4.70. The van der Waals surface area contributed by atoms with Gasteiger partial charge in [-0.1, -0.05) is 65.8 Å². The molecule has 0 saturated carbocycles. The Hall–Kier alpha value is -2.96. The third-order valence-electron chi connectivity index (χ3n) is 6.58. The summed E-state index contributed by atoms with van der Waals surface area (Å²) in [6.07, 6.45) is 12.7. The standard InChI is InChI=1S/C30H38O6/c1-22(13-14-24-10-6-4-7-11-24)15-16-30(34)21-27-20-26(36-30)17-23(2)9-5-3-8-12-25(18-28(31)32)19-29(33)35-27/h3-4,6-11,13,19,26-27,34H,5,12,14-18,20-21H2,1-2H3,(H,31,32)/b8-3+,22-13+,23-9+,25-19+/t26-,27-,30?/m1/s1. The van der Waals surface area contributed by atoms with Crippen molar-refractivity contribution in [1.29, 1.82) is 0 Å². The molecule has 2 aliphatic heterocycles. The Labute approximate surface area is 214 Å². The van der Waals surface area contributed by atoms with Gasteiger partial charge in [-0.15, -0.1) is 0 Å². The van der Waals surface area contributed by atoms with Crippen LogP contribution < -0.4 is 0 Å². The normalized spacial score (nSPS) is 29.6. The summed E-state index contributed by atoms with van der Waals surface area (Å²) < 4.78 is 11.9. The molecule has 1 aromatic carbocycles. The minimum Gasteiger partial charge on any atom is -0.481 e. The van der Waals surface area contributed by atoms with Crippen molar-refractivity contribution >= 4 is 11.9 Å². The first-order valence-corrected chi connectivity index (χ1v) is 12.7. The lowest BCUT2D eigenvalue weighted by molar-refractivity contribution is -0.275. The number of benzene rings is 1. The molecule has 0 radical (unpaired) electrons. The molecule has 3 rings (SSSR count). The molecule has 0 spiro atoms. The van der Waals surface area contributed by atoms with Crippen molar-refractivity contribution in [2.45, 2.75) is 89.6 Å². The SMILES string of the molecule is C/C(=C\Cc1ccccc1)CCC1(O)C[C@H]2C[C@@H](C/C(C)=C/C/C=C/C/C(CC(=O)O)=C\C(=O)O2)O1. The molecule has 1 saturated heterocycles. The van der Waals surface area contributed by atoms with Crippen LogP contribution in [0.4, 0.5) is 0 Å². The number of fused-ring (bicyclic) bond motifs is 2. The molecule has 6 heteroatoms. The Morgan fingerprint density at radius 2 is 1.97 bits per heavy atom. The van der Waals surface area contributed by atoms with E-state index in [9.17, 15) is 19.8 Å². The fraction of sp³-hybridized carbons (Fsp3) is 0.467. The molecule has 1 aromatic rings. The van der Waals surface area contributed by atoms with Crippen LogP contribution in [0.1, 0.15) is 70.8 Å². The van der Waals surface area contributed by atoms with E-state index in [4.69, 9.17) is 9.47 Å². The van der Waals surface area contributed by atoms with Gasteiger partial charge in [0, 0.05) is 25.3 Å². The molecule has 0 amide bonds. The lowest BCUT2D eigenvalue weighted by Gasteiger charge is -2.41. The second-order valence-corrected chi connectivity index (χ2v) is 9.96. The third-order valence-corrected chi connectivity index (χ3v) is 6.58. The van der Waals surface area contributed by atoms with Crippen LogP contribution in [0.5, 0.6) is 0 Å². The van der Waals surface area contributed by atoms with E-state index >= 15 is 0 Å². The largest absolute Gasteiger partial charge is 0.481 e. The van der Waals surface area contributed by atoms with Crippen LogP contribution in [-0.2, 0) is 25.5 Å². The molecule has 0 aromatic heterocycles. The van der Waals surface area contributed by atoms with E-state index in [-0.39, 0.29) is 18.9 Å². The molecule has 2 bridgehead atoms. The average Bonchev–Trinajstić information content (AvgIpc) is 2.80. The summed E-state index contributed by atoms with van der Waals surface area (Å²) in [5, 5.41) is 20.6. The number of hydrogen-bond acceptors (Lipinski definition) is 5. The number of allylic oxidation sites excluding steroid dienone is 5. The lowest BCUT2D eigenvalue weighted by atomic mass is 9.91. The van der Waals surface area contributed by atoms with Crippen molar-refractivity contribution in [3.8, 4) is 0 Å². The van der Waals surface area contributed by atoms with Gasteiger partial charge in [0.05, 0.1) is 12.5 Å². The minimum absolute atomic E-state index is 0.186. The van der Waals surface area contributed by atoms with Gasteiger partial charge in [0.25, 0.3) is 0 Å². The highest BCUT2D eigenvalue weighted by Crippen LogP contribution is 2.35. The maximum atomic E-state index is 12.6. The topological polar surface area (TPSA) is 93.1 Å². The van der Waals surface area contributed by atoms with Crippen molar-refractivity contribution in [3.63, 3.8) is 0 Å². The Morgan fingerprint density at radius 1 is 1.19 bits per heavy atom. The number of hydrogen-bond donors (Lipinski definition) is 2. The number of carbonyl (C=O) groups excluding carboxylic acids is 1. The molecule has 0 aliphatic carbocycles. The second-order valence-electron chi connectivity index (χ2n) is 9.96. The van der Waals surface area contributed by atoms with Crippen LogP contribution in [0, 0.1) is 0 Å². The number of carbonyl (C=O) groups is 2. The molecule has 2 aliphatic rings. The van der Waals surface area contributed by atoms with Gasteiger partial charge in [-0.3, -0.25) is 4.79 Å². The van der Waals surface area contributed by atoms with Crippen LogP contribution in [-0.4, -0.2) is 40.1 Å². The number of ether oxygens (including phenoxy) is 2. The van der Waals surface area contributed by atoms with Gasteiger partial charge in [0.2, 0.25) is 0 Å². The molecular weight excluding hydrogens is 456 g/mol. The molecule has 1 unspecified atom stereocenters. The zero-order valence-electron chi connectivity index (χ0n) is 21.3. The van der Waals surface area contributed by atoms with E-state index in [1.165, 1.54) is 11.6 Å². The fourth-order valence-corrected chi connectivity index (χ4v) is 4.70. The molecule has 3 atom stereocenters.